The number of hydrogen-bond donors (Lipinski definition) is 3. The molecule has 0 aliphatic carbocycles. The number of amides is 1. The van der Waals surface area contributed by atoms with Crippen LogP contribution in [0.25, 0.3) is 0 Å². The molecule has 2 aromatic rings. The molecule has 0 aliphatic rings. The highest BCUT2D eigenvalue weighted by atomic mass is 19.4. The average molecular weight is 370 g/mol. The van der Waals surface area contributed by atoms with Gasteiger partial charge in [0.1, 0.15) is 18.8 Å². The molecule has 1 heterocycles. The largest absolute Gasteiger partial charge is 0.445 e. The number of nitrogens with zero attached hydrogens (tertiary/aromatic N) is 1. The smallest absolute Gasteiger partial charge is 0.416 e. The van der Waals surface area contributed by atoms with Gasteiger partial charge in [-0.2, -0.15) is 13.2 Å². The van der Waals surface area contributed by atoms with Crippen molar-refractivity contribution in [3.63, 3.8) is 0 Å². The van der Waals surface area contributed by atoms with Crippen molar-refractivity contribution in [2.24, 2.45) is 0 Å². The second kappa shape index (κ2) is 8.63. The van der Waals surface area contributed by atoms with Gasteiger partial charge >= 0.3 is 12.3 Å². The lowest BCUT2D eigenvalue weighted by atomic mass is 10.0. The van der Waals surface area contributed by atoms with E-state index in [4.69, 9.17) is 4.74 Å². The molecule has 0 saturated carbocycles. The first-order valence-electron chi connectivity index (χ1n) is 7.61. The molecule has 9 heteroatoms. The molecule has 26 heavy (non-hydrogen) atoms. The van der Waals surface area contributed by atoms with E-state index in [1.165, 1.54) is 0 Å². The van der Waals surface area contributed by atoms with Crippen LogP contribution in [-0.2, 0) is 17.5 Å². The first-order chi connectivity index (χ1) is 12.3. The minimum atomic E-state index is -4.71. The molecule has 2 unspecified atom stereocenters. The number of hydrogen-bond acceptors (Lipinski definition) is 5. The maximum absolute atomic E-state index is 12.9. The molecule has 2 rings (SSSR count). The van der Waals surface area contributed by atoms with Gasteiger partial charge in [0, 0.05) is 24.5 Å². The number of aromatic nitrogens is 1. The number of nitrogens with one attached hydrogen (secondary N) is 1. The summed E-state index contributed by atoms with van der Waals surface area (Å²) in [6.07, 6.45) is -7.38. The molecule has 0 aliphatic heterocycles. The van der Waals surface area contributed by atoms with E-state index in [1.54, 1.807) is 30.3 Å². The summed E-state index contributed by atoms with van der Waals surface area (Å²) in [5.41, 5.74) is -0.939. The minimum absolute atomic E-state index is 0.00779. The van der Waals surface area contributed by atoms with E-state index < -0.39 is 42.1 Å². The van der Waals surface area contributed by atoms with Crippen LogP contribution in [0.2, 0.25) is 0 Å². The third-order valence-electron chi connectivity index (χ3n) is 3.51. The Hall–Kier alpha value is -2.65. The highest BCUT2D eigenvalue weighted by Gasteiger charge is 2.36. The predicted molar refractivity (Wildman–Crippen MR) is 84.8 cm³/mol. The molecule has 1 aromatic carbocycles. The molecule has 0 radical (unpaired) electrons. The van der Waals surface area contributed by atoms with Gasteiger partial charge in [0.25, 0.3) is 0 Å². The quantitative estimate of drug-likeness (QED) is 0.726. The summed E-state index contributed by atoms with van der Waals surface area (Å²) in [4.78, 5) is 15.1. The fraction of sp³-hybridized carbons (Fsp3) is 0.294. The van der Waals surface area contributed by atoms with Crippen LogP contribution < -0.4 is 5.32 Å². The normalized spacial score (nSPS) is 13.7. The maximum Gasteiger partial charge on any atom is 0.416 e. The number of pyridine rings is 1. The van der Waals surface area contributed by atoms with E-state index in [2.05, 4.69) is 10.3 Å². The van der Waals surface area contributed by atoms with Crippen molar-refractivity contribution in [1.82, 2.24) is 10.3 Å². The number of aliphatic hydroxyl groups is 2. The first kappa shape index (κ1) is 19.7. The Labute approximate surface area is 147 Å². The first-order valence-corrected chi connectivity index (χ1v) is 7.61. The highest BCUT2D eigenvalue weighted by Crippen LogP contribution is 2.34. The summed E-state index contributed by atoms with van der Waals surface area (Å²) in [6, 6.07) is 9.52. The Morgan fingerprint density at radius 3 is 2.54 bits per heavy atom. The van der Waals surface area contributed by atoms with Crippen molar-refractivity contribution >= 4 is 6.09 Å². The minimum Gasteiger partial charge on any atom is -0.445 e. The summed E-state index contributed by atoms with van der Waals surface area (Å²) in [5.74, 6) is 0. The molecular weight excluding hydrogens is 353 g/mol. The van der Waals surface area contributed by atoms with Crippen LogP contribution >= 0.6 is 0 Å². The number of halogens is 3. The fourth-order valence-corrected chi connectivity index (χ4v) is 2.18. The zero-order valence-corrected chi connectivity index (χ0v) is 13.5. The van der Waals surface area contributed by atoms with Gasteiger partial charge in [0.15, 0.2) is 0 Å². The van der Waals surface area contributed by atoms with E-state index in [0.717, 1.165) is 18.0 Å². The van der Waals surface area contributed by atoms with Crippen LogP contribution in [0, 0.1) is 0 Å². The second-order valence-corrected chi connectivity index (χ2v) is 5.42. The Morgan fingerprint density at radius 1 is 1.19 bits per heavy atom. The third-order valence-corrected chi connectivity index (χ3v) is 3.51. The van der Waals surface area contributed by atoms with E-state index in [-0.39, 0.29) is 6.61 Å². The Kier molecular flexibility index (Phi) is 6.53. The van der Waals surface area contributed by atoms with Crippen LogP contribution in [0.3, 0.4) is 0 Å². The molecule has 0 spiro atoms. The van der Waals surface area contributed by atoms with Crippen LogP contribution in [-0.4, -0.2) is 33.9 Å². The number of alkyl carbamates (subject to hydrolysis) is 1. The number of alkyl halides is 3. The fourth-order valence-electron chi connectivity index (χ4n) is 2.18. The summed E-state index contributed by atoms with van der Waals surface area (Å²) in [5, 5.41) is 22.0. The van der Waals surface area contributed by atoms with E-state index in [9.17, 15) is 28.2 Å². The average Bonchev–Trinajstić information content (AvgIpc) is 2.64. The van der Waals surface area contributed by atoms with Gasteiger partial charge in [-0.1, -0.05) is 30.3 Å². The van der Waals surface area contributed by atoms with Crippen LogP contribution in [0.1, 0.15) is 22.8 Å². The van der Waals surface area contributed by atoms with Crippen molar-refractivity contribution in [2.75, 3.05) is 6.54 Å². The van der Waals surface area contributed by atoms with Crippen molar-refractivity contribution < 1.29 is 32.9 Å². The van der Waals surface area contributed by atoms with Gasteiger partial charge in [0.05, 0.1) is 5.56 Å². The van der Waals surface area contributed by atoms with Gasteiger partial charge in [-0.15, -0.1) is 0 Å². The van der Waals surface area contributed by atoms with E-state index >= 15 is 0 Å². The number of aliphatic hydroxyl groups excluding tert-OH is 2. The molecule has 140 valence electrons. The SMILES string of the molecule is O=C(NCC(O)C(O)c1cnccc1C(F)(F)F)OCc1ccccc1. The lowest BCUT2D eigenvalue weighted by Gasteiger charge is -2.21. The van der Waals surface area contributed by atoms with Crippen molar-refractivity contribution in [2.45, 2.75) is 25.0 Å². The van der Waals surface area contributed by atoms with Crippen LogP contribution in [0.4, 0.5) is 18.0 Å². The number of ether oxygens (including phenoxy) is 1. The molecule has 0 saturated heterocycles. The van der Waals surface area contributed by atoms with Crippen molar-refractivity contribution in [3.8, 4) is 0 Å². The third kappa shape index (κ3) is 5.43. The molecule has 2 atom stereocenters. The Balaban J connectivity index is 1.89. The molecule has 0 fully saturated rings. The van der Waals surface area contributed by atoms with Crippen molar-refractivity contribution in [1.29, 1.82) is 0 Å². The monoisotopic (exact) mass is 370 g/mol. The summed E-state index contributed by atoms with van der Waals surface area (Å²) in [6.45, 7) is -0.507. The number of rotatable bonds is 6. The van der Waals surface area contributed by atoms with Gasteiger partial charge in [-0.25, -0.2) is 4.79 Å². The molecule has 1 amide bonds. The number of benzene rings is 1. The second-order valence-electron chi connectivity index (χ2n) is 5.42. The van der Waals surface area contributed by atoms with Crippen LogP contribution in [0.5, 0.6) is 0 Å². The zero-order valence-electron chi connectivity index (χ0n) is 13.5. The summed E-state index contributed by atoms with van der Waals surface area (Å²) >= 11 is 0. The standard InChI is InChI=1S/C17H17F3N2O4/c18-17(19,20)13-6-7-21-8-12(13)15(24)14(23)9-22-16(25)26-10-11-4-2-1-3-5-11/h1-8,14-15,23-24H,9-10H2,(H,22,25). The predicted octanol–water partition coefficient (Wildman–Crippen LogP) is 2.42. The zero-order chi connectivity index (χ0) is 19.2. The van der Waals surface area contributed by atoms with Gasteiger partial charge in [-0.3, -0.25) is 4.98 Å². The van der Waals surface area contributed by atoms with E-state index in [1.807, 2.05) is 0 Å². The maximum atomic E-state index is 12.9. The van der Waals surface area contributed by atoms with Gasteiger partial charge in [0.2, 0.25) is 0 Å². The van der Waals surface area contributed by atoms with Gasteiger partial charge in [-0.05, 0) is 11.6 Å². The van der Waals surface area contributed by atoms with Crippen molar-refractivity contribution in [3.05, 3.63) is 65.5 Å². The van der Waals surface area contributed by atoms with E-state index in [0.29, 0.717) is 6.07 Å². The molecule has 6 nitrogen and oxygen atoms in total. The highest BCUT2D eigenvalue weighted by molar-refractivity contribution is 5.67. The number of carbonyl (C=O) groups excluding carboxylic acids is 1. The van der Waals surface area contributed by atoms with Crippen LogP contribution in [0.15, 0.2) is 48.8 Å². The number of carbonyl (C=O) groups is 1. The molecule has 1 aromatic heterocycles. The lowest BCUT2D eigenvalue weighted by Crippen LogP contribution is -2.36. The molecular formula is C17H17F3N2O4. The Morgan fingerprint density at radius 2 is 1.88 bits per heavy atom. The van der Waals surface area contributed by atoms with Gasteiger partial charge < -0.3 is 20.3 Å². The molecule has 3 N–H and O–H groups in total. The topological polar surface area (TPSA) is 91.7 Å². The lowest BCUT2D eigenvalue weighted by molar-refractivity contribution is -0.140. The summed E-state index contributed by atoms with van der Waals surface area (Å²) < 4.78 is 43.7. The molecule has 0 bridgehead atoms. The summed E-state index contributed by atoms with van der Waals surface area (Å²) in [7, 11) is 0. The Bertz CT molecular complexity index is 725.